The number of nitrogens with zero attached hydrogens (tertiary/aromatic N) is 1. The van der Waals surface area contributed by atoms with E-state index in [1.807, 2.05) is 0 Å². The Labute approximate surface area is 129 Å². The lowest BCUT2D eigenvalue weighted by Crippen LogP contribution is -2.33. The Morgan fingerprint density at radius 3 is 2.67 bits per heavy atom. The molecule has 3 nitrogen and oxygen atoms in total. The second kappa shape index (κ2) is 8.52. The van der Waals surface area contributed by atoms with Crippen molar-refractivity contribution < 1.29 is 4.74 Å². The first-order chi connectivity index (χ1) is 10.1. The minimum absolute atomic E-state index is 0.297. The van der Waals surface area contributed by atoms with Crippen molar-refractivity contribution in [2.45, 2.75) is 45.9 Å². The Kier molecular flexibility index (Phi) is 6.68. The monoisotopic (exact) mass is 290 g/mol. The zero-order valence-electron chi connectivity index (χ0n) is 13.7. The lowest BCUT2D eigenvalue weighted by atomic mass is 10.2. The van der Waals surface area contributed by atoms with Gasteiger partial charge in [-0.25, -0.2) is 0 Å². The van der Waals surface area contributed by atoms with Gasteiger partial charge in [0.15, 0.2) is 0 Å². The van der Waals surface area contributed by atoms with Gasteiger partial charge in [0.05, 0.1) is 12.2 Å². The molecule has 1 fully saturated rings. The van der Waals surface area contributed by atoms with Gasteiger partial charge in [0, 0.05) is 26.2 Å². The summed E-state index contributed by atoms with van der Waals surface area (Å²) in [4.78, 5) is 2.49. The summed E-state index contributed by atoms with van der Waals surface area (Å²) in [5.74, 6) is 0.699. The van der Waals surface area contributed by atoms with Crippen LogP contribution >= 0.6 is 0 Å². The van der Waals surface area contributed by atoms with Crippen molar-refractivity contribution in [1.82, 2.24) is 10.2 Å². The molecule has 1 aromatic rings. The van der Waals surface area contributed by atoms with Gasteiger partial charge >= 0.3 is 0 Å². The van der Waals surface area contributed by atoms with E-state index in [1.165, 1.54) is 5.56 Å². The Morgan fingerprint density at radius 2 is 1.95 bits per heavy atom. The van der Waals surface area contributed by atoms with E-state index in [1.54, 1.807) is 0 Å². The van der Waals surface area contributed by atoms with Crippen molar-refractivity contribution in [2.75, 3.05) is 26.2 Å². The average Bonchev–Trinajstić information content (AvgIpc) is 2.86. The lowest BCUT2D eigenvalue weighted by Gasteiger charge is -2.20. The molecule has 1 aromatic carbocycles. The second-order valence-corrected chi connectivity index (χ2v) is 6.63. The summed E-state index contributed by atoms with van der Waals surface area (Å²) in [5.41, 5.74) is 1.39. The molecule has 0 aromatic heterocycles. The highest BCUT2D eigenvalue weighted by Crippen LogP contribution is 2.17. The summed E-state index contributed by atoms with van der Waals surface area (Å²) in [7, 11) is 0. The summed E-state index contributed by atoms with van der Waals surface area (Å²) in [6.07, 6.45) is 1.84. The molecule has 2 rings (SSSR count). The number of hydrogen-bond acceptors (Lipinski definition) is 3. The zero-order valence-corrected chi connectivity index (χ0v) is 13.7. The van der Waals surface area contributed by atoms with E-state index in [9.17, 15) is 0 Å². The van der Waals surface area contributed by atoms with Gasteiger partial charge in [-0.2, -0.15) is 0 Å². The number of rotatable bonds is 8. The quantitative estimate of drug-likeness (QED) is 0.797. The van der Waals surface area contributed by atoms with E-state index < -0.39 is 0 Å². The van der Waals surface area contributed by atoms with Crippen LogP contribution in [0.1, 0.15) is 32.8 Å². The van der Waals surface area contributed by atoms with Gasteiger partial charge in [-0.05, 0) is 31.4 Å². The minimum Gasteiger partial charge on any atom is -0.373 e. The van der Waals surface area contributed by atoms with Crippen LogP contribution in [-0.2, 0) is 11.3 Å². The fourth-order valence-electron chi connectivity index (χ4n) is 2.85. The molecule has 1 aliphatic heterocycles. The Morgan fingerprint density at radius 1 is 1.19 bits per heavy atom. The van der Waals surface area contributed by atoms with Crippen molar-refractivity contribution >= 4 is 0 Å². The molecule has 1 saturated heterocycles. The van der Waals surface area contributed by atoms with Crippen LogP contribution in [0.15, 0.2) is 30.3 Å². The highest BCUT2D eigenvalue weighted by Gasteiger charge is 2.24. The van der Waals surface area contributed by atoms with E-state index in [4.69, 9.17) is 4.74 Å². The average molecular weight is 290 g/mol. The zero-order chi connectivity index (χ0) is 15.1. The second-order valence-electron chi connectivity index (χ2n) is 6.63. The fraction of sp³-hybridized carbons (Fsp3) is 0.667. The topological polar surface area (TPSA) is 24.5 Å². The molecule has 118 valence electrons. The smallest absolute Gasteiger partial charge is 0.0718 e. The van der Waals surface area contributed by atoms with Crippen molar-refractivity contribution in [3.8, 4) is 0 Å². The third kappa shape index (κ3) is 6.16. The van der Waals surface area contributed by atoms with Gasteiger partial charge in [-0.15, -0.1) is 0 Å². The van der Waals surface area contributed by atoms with Crippen molar-refractivity contribution in [1.29, 1.82) is 0 Å². The molecule has 21 heavy (non-hydrogen) atoms. The molecule has 0 saturated carbocycles. The van der Waals surface area contributed by atoms with Gasteiger partial charge in [0.2, 0.25) is 0 Å². The molecular formula is C18H30N2O. The van der Waals surface area contributed by atoms with Crippen LogP contribution < -0.4 is 5.32 Å². The molecule has 2 atom stereocenters. The first kappa shape index (κ1) is 16.5. The molecule has 0 radical (unpaired) electrons. The summed E-state index contributed by atoms with van der Waals surface area (Å²) in [5, 5.41) is 3.47. The molecule has 1 aliphatic rings. The van der Waals surface area contributed by atoms with E-state index in [0.29, 0.717) is 18.1 Å². The van der Waals surface area contributed by atoms with Crippen molar-refractivity contribution in [3.63, 3.8) is 0 Å². The molecule has 1 N–H and O–H groups in total. The number of likely N-dealkylation sites (tertiary alicyclic amines) is 1. The first-order valence-corrected chi connectivity index (χ1v) is 8.26. The van der Waals surface area contributed by atoms with Gasteiger partial charge in [0.1, 0.15) is 0 Å². The van der Waals surface area contributed by atoms with Crippen LogP contribution in [0.5, 0.6) is 0 Å². The lowest BCUT2D eigenvalue weighted by molar-refractivity contribution is 0.00414. The van der Waals surface area contributed by atoms with Gasteiger partial charge < -0.3 is 10.1 Å². The SMILES string of the molecule is CC(C)CNCC(C)OC1CCN(Cc2ccccc2)C1. The highest BCUT2D eigenvalue weighted by molar-refractivity contribution is 5.14. The van der Waals surface area contributed by atoms with Crippen LogP contribution in [0.3, 0.4) is 0 Å². The number of ether oxygens (including phenoxy) is 1. The maximum atomic E-state index is 6.16. The van der Waals surface area contributed by atoms with Gasteiger partial charge in [-0.3, -0.25) is 4.90 Å². The van der Waals surface area contributed by atoms with E-state index in [2.05, 4.69) is 61.3 Å². The maximum Gasteiger partial charge on any atom is 0.0718 e. The molecular weight excluding hydrogens is 260 g/mol. The molecule has 0 amide bonds. The highest BCUT2D eigenvalue weighted by atomic mass is 16.5. The summed E-state index contributed by atoms with van der Waals surface area (Å²) in [6.45, 7) is 11.9. The number of benzene rings is 1. The Hall–Kier alpha value is -0.900. The Bertz CT molecular complexity index is 393. The van der Waals surface area contributed by atoms with Gasteiger partial charge in [0.25, 0.3) is 0 Å². The Balaban J connectivity index is 1.65. The number of hydrogen-bond donors (Lipinski definition) is 1. The van der Waals surface area contributed by atoms with E-state index in [0.717, 1.165) is 39.1 Å². The predicted molar refractivity (Wildman–Crippen MR) is 88.4 cm³/mol. The molecule has 0 spiro atoms. The van der Waals surface area contributed by atoms with Crippen molar-refractivity contribution in [3.05, 3.63) is 35.9 Å². The largest absolute Gasteiger partial charge is 0.373 e. The maximum absolute atomic E-state index is 6.16. The molecule has 0 aliphatic carbocycles. The van der Waals surface area contributed by atoms with E-state index in [-0.39, 0.29) is 0 Å². The summed E-state index contributed by atoms with van der Waals surface area (Å²) >= 11 is 0. The van der Waals surface area contributed by atoms with Crippen molar-refractivity contribution in [2.24, 2.45) is 5.92 Å². The molecule has 1 heterocycles. The van der Waals surface area contributed by atoms with Crippen LogP contribution in [0.25, 0.3) is 0 Å². The van der Waals surface area contributed by atoms with Crippen LogP contribution in [0.4, 0.5) is 0 Å². The molecule has 3 heteroatoms. The van der Waals surface area contributed by atoms with Crippen LogP contribution in [0.2, 0.25) is 0 Å². The van der Waals surface area contributed by atoms with Crippen LogP contribution in [-0.4, -0.2) is 43.3 Å². The van der Waals surface area contributed by atoms with Gasteiger partial charge in [-0.1, -0.05) is 44.2 Å². The third-order valence-electron chi connectivity index (χ3n) is 3.89. The molecule has 2 unspecified atom stereocenters. The minimum atomic E-state index is 0.297. The summed E-state index contributed by atoms with van der Waals surface area (Å²) in [6, 6.07) is 10.7. The fourth-order valence-corrected chi connectivity index (χ4v) is 2.85. The first-order valence-electron chi connectivity index (χ1n) is 8.26. The molecule has 0 bridgehead atoms. The third-order valence-corrected chi connectivity index (χ3v) is 3.89. The van der Waals surface area contributed by atoms with E-state index >= 15 is 0 Å². The number of nitrogens with one attached hydrogen (secondary N) is 1. The normalized spacial score (nSPS) is 21.0. The standard InChI is InChI=1S/C18H30N2O/c1-15(2)11-19-12-16(3)21-18-9-10-20(14-18)13-17-7-5-4-6-8-17/h4-8,15-16,18-19H,9-14H2,1-3H3. The summed E-state index contributed by atoms with van der Waals surface area (Å²) < 4.78 is 6.16. The van der Waals surface area contributed by atoms with Crippen LogP contribution in [0, 0.1) is 5.92 Å². The predicted octanol–water partition coefficient (Wildman–Crippen LogP) is 2.91.